The Labute approximate surface area is 161 Å². The Morgan fingerprint density at radius 1 is 1.16 bits per heavy atom. The molecule has 0 bridgehead atoms. The van der Waals surface area contributed by atoms with Gasteiger partial charge in [0.05, 0.1) is 5.25 Å². The van der Waals surface area contributed by atoms with Gasteiger partial charge in [0.15, 0.2) is 8.68 Å². The van der Waals surface area contributed by atoms with Gasteiger partial charge in [-0.05, 0) is 56.7 Å². The molecule has 1 aliphatic heterocycles. The van der Waals surface area contributed by atoms with Crippen LogP contribution >= 0.6 is 34.9 Å². The molecule has 3 rings (SSSR count). The molecule has 1 aromatic heterocycles. The molecule has 25 heavy (non-hydrogen) atoms. The molecular formula is C17H22N4OS3. The maximum Gasteiger partial charge on any atom is 0.237 e. The summed E-state index contributed by atoms with van der Waals surface area (Å²) in [6.45, 7) is 4.14. The molecule has 1 saturated heterocycles. The molecule has 1 aliphatic rings. The molecule has 8 heteroatoms. The summed E-state index contributed by atoms with van der Waals surface area (Å²) in [6.07, 6.45) is 5.82. The van der Waals surface area contributed by atoms with E-state index in [1.165, 1.54) is 48.0 Å². The van der Waals surface area contributed by atoms with E-state index >= 15 is 0 Å². The van der Waals surface area contributed by atoms with E-state index < -0.39 is 0 Å². The first-order valence-corrected chi connectivity index (χ1v) is 11.3. The van der Waals surface area contributed by atoms with Gasteiger partial charge >= 0.3 is 0 Å². The van der Waals surface area contributed by atoms with Gasteiger partial charge in [0.2, 0.25) is 5.91 Å². The second-order valence-electron chi connectivity index (χ2n) is 5.88. The zero-order valence-electron chi connectivity index (χ0n) is 14.4. The smallest absolute Gasteiger partial charge is 0.237 e. The molecule has 2 heterocycles. The maximum absolute atomic E-state index is 12.4. The van der Waals surface area contributed by atoms with E-state index in [1.807, 2.05) is 25.3 Å². The lowest BCUT2D eigenvalue weighted by molar-refractivity contribution is -0.115. The van der Waals surface area contributed by atoms with E-state index in [0.717, 1.165) is 27.5 Å². The number of nitrogens with one attached hydrogen (secondary N) is 1. The highest BCUT2D eigenvalue weighted by molar-refractivity contribution is 8.03. The minimum absolute atomic E-state index is 0.0170. The number of aromatic nitrogens is 2. The molecule has 1 amide bonds. The van der Waals surface area contributed by atoms with Gasteiger partial charge in [-0.15, -0.1) is 10.2 Å². The Hall–Kier alpha value is -1.25. The summed E-state index contributed by atoms with van der Waals surface area (Å²) in [6, 6.07) is 8.15. The van der Waals surface area contributed by atoms with Crippen molar-refractivity contribution < 1.29 is 4.79 Å². The molecule has 0 spiro atoms. The summed E-state index contributed by atoms with van der Waals surface area (Å²) >= 11 is 4.53. The third-order valence-electron chi connectivity index (χ3n) is 4.07. The Morgan fingerprint density at radius 3 is 2.48 bits per heavy atom. The van der Waals surface area contributed by atoms with Gasteiger partial charge in [0, 0.05) is 24.5 Å². The topological polar surface area (TPSA) is 58.1 Å². The van der Waals surface area contributed by atoms with Crippen LogP contribution in [0.4, 0.5) is 11.4 Å². The molecule has 1 N–H and O–H groups in total. The van der Waals surface area contributed by atoms with Crippen LogP contribution in [0.25, 0.3) is 0 Å². The fraction of sp³-hybridized carbons (Fsp3) is 0.471. The van der Waals surface area contributed by atoms with Crippen LogP contribution in [-0.4, -0.2) is 40.7 Å². The number of hydrogen-bond donors (Lipinski definition) is 1. The number of benzene rings is 1. The summed E-state index contributed by atoms with van der Waals surface area (Å²) < 4.78 is 1.75. The number of carbonyl (C=O) groups is 1. The SMILES string of the molecule is CSc1nnc(SC(C)C(=O)Nc2ccc(N3CCCCC3)cc2)s1. The van der Waals surface area contributed by atoms with E-state index in [1.54, 1.807) is 11.8 Å². The van der Waals surface area contributed by atoms with Gasteiger partial charge in [-0.25, -0.2) is 0 Å². The Balaban J connectivity index is 1.54. The largest absolute Gasteiger partial charge is 0.372 e. The second kappa shape index (κ2) is 8.91. The molecule has 1 atom stereocenters. The summed E-state index contributed by atoms with van der Waals surface area (Å²) in [4.78, 5) is 14.8. The molecular weight excluding hydrogens is 372 g/mol. The first-order chi connectivity index (χ1) is 12.2. The monoisotopic (exact) mass is 394 g/mol. The van der Waals surface area contributed by atoms with E-state index in [0.29, 0.717) is 0 Å². The van der Waals surface area contributed by atoms with Gasteiger partial charge < -0.3 is 10.2 Å². The molecule has 1 fully saturated rings. The molecule has 1 aromatic carbocycles. The third kappa shape index (κ3) is 5.12. The van der Waals surface area contributed by atoms with Crippen molar-refractivity contribution in [2.45, 2.75) is 40.1 Å². The highest BCUT2D eigenvalue weighted by atomic mass is 32.2. The van der Waals surface area contributed by atoms with Crippen molar-refractivity contribution in [2.75, 3.05) is 29.6 Å². The van der Waals surface area contributed by atoms with Gasteiger partial charge in [-0.3, -0.25) is 4.79 Å². The summed E-state index contributed by atoms with van der Waals surface area (Å²) in [5.41, 5.74) is 2.07. The number of rotatable bonds is 6. The van der Waals surface area contributed by atoms with Crippen molar-refractivity contribution in [1.29, 1.82) is 0 Å². The van der Waals surface area contributed by atoms with Crippen molar-refractivity contribution in [1.82, 2.24) is 10.2 Å². The fourth-order valence-electron chi connectivity index (χ4n) is 2.68. The van der Waals surface area contributed by atoms with Crippen LogP contribution in [0, 0.1) is 0 Å². The van der Waals surface area contributed by atoms with Crippen LogP contribution in [0.3, 0.4) is 0 Å². The number of carbonyl (C=O) groups excluding carboxylic acids is 1. The highest BCUT2D eigenvalue weighted by Gasteiger charge is 2.17. The van der Waals surface area contributed by atoms with Crippen LogP contribution < -0.4 is 10.2 Å². The average molecular weight is 395 g/mol. The third-order valence-corrected chi connectivity index (χ3v) is 7.15. The predicted octanol–water partition coefficient (Wildman–Crippen LogP) is 4.37. The Bertz CT molecular complexity index is 698. The van der Waals surface area contributed by atoms with Crippen molar-refractivity contribution in [3.05, 3.63) is 24.3 Å². The van der Waals surface area contributed by atoms with Crippen LogP contribution in [0.5, 0.6) is 0 Å². The van der Waals surface area contributed by atoms with Crippen LogP contribution in [-0.2, 0) is 4.79 Å². The normalized spacial score (nSPS) is 15.8. The quantitative estimate of drug-likeness (QED) is 0.734. The number of amides is 1. The van der Waals surface area contributed by atoms with Crippen molar-refractivity contribution in [2.24, 2.45) is 0 Å². The first kappa shape index (κ1) is 18.5. The lowest BCUT2D eigenvalue weighted by Crippen LogP contribution is -2.29. The molecule has 5 nitrogen and oxygen atoms in total. The highest BCUT2D eigenvalue weighted by Crippen LogP contribution is 2.30. The number of thioether (sulfide) groups is 2. The van der Waals surface area contributed by atoms with Crippen molar-refractivity contribution in [3.8, 4) is 0 Å². The molecule has 0 aliphatic carbocycles. The van der Waals surface area contributed by atoms with E-state index in [9.17, 15) is 4.79 Å². The summed E-state index contributed by atoms with van der Waals surface area (Å²) in [7, 11) is 0. The van der Waals surface area contributed by atoms with Gasteiger partial charge in [0.25, 0.3) is 0 Å². The van der Waals surface area contributed by atoms with E-state index in [2.05, 4.69) is 32.5 Å². The standard InChI is InChI=1S/C17H22N4OS3/c1-12(24-17-20-19-16(23-2)25-17)15(22)18-13-6-8-14(9-7-13)21-10-4-3-5-11-21/h6-9,12H,3-5,10-11H2,1-2H3,(H,18,22). The van der Waals surface area contributed by atoms with Crippen LogP contribution in [0.15, 0.2) is 32.9 Å². The number of hydrogen-bond acceptors (Lipinski definition) is 7. The zero-order chi connectivity index (χ0) is 17.6. The average Bonchev–Trinajstić information content (AvgIpc) is 3.10. The number of piperidine rings is 1. The minimum atomic E-state index is -0.218. The van der Waals surface area contributed by atoms with Gasteiger partial charge in [-0.2, -0.15) is 0 Å². The van der Waals surface area contributed by atoms with E-state index in [-0.39, 0.29) is 11.2 Å². The van der Waals surface area contributed by atoms with Crippen LogP contribution in [0.1, 0.15) is 26.2 Å². The van der Waals surface area contributed by atoms with Gasteiger partial charge in [-0.1, -0.05) is 34.9 Å². The zero-order valence-corrected chi connectivity index (χ0v) is 16.8. The molecule has 0 radical (unpaired) electrons. The Morgan fingerprint density at radius 2 is 1.84 bits per heavy atom. The maximum atomic E-state index is 12.4. The van der Waals surface area contributed by atoms with Crippen molar-refractivity contribution >= 4 is 52.1 Å². The summed E-state index contributed by atoms with van der Waals surface area (Å²) in [5, 5.41) is 10.9. The van der Waals surface area contributed by atoms with Crippen molar-refractivity contribution in [3.63, 3.8) is 0 Å². The fourth-order valence-corrected chi connectivity index (χ4v) is 5.27. The number of anilines is 2. The lowest BCUT2D eigenvalue weighted by Gasteiger charge is -2.28. The first-order valence-electron chi connectivity index (χ1n) is 8.36. The molecule has 134 valence electrons. The number of nitrogens with zero attached hydrogens (tertiary/aromatic N) is 3. The molecule has 1 unspecified atom stereocenters. The summed E-state index contributed by atoms with van der Waals surface area (Å²) in [5.74, 6) is -0.0170. The molecule has 2 aromatic rings. The van der Waals surface area contributed by atoms with Gasteiger partial charge in [0.1, 0.15) is 0 Å². The lowest BCUT2D eigenvalue weighted by atomic mass is 10.1. The molecule has 0 saturated carbocycles. The Kier molecular flexibility index (Phi) is 6.61. The second-order valence-corrected chi connectivity index (χ2v) is 9.50. The minimum Gasteiger partial charge on any atom is -0.372 e. The van der Waals surface area contributed by atoms with Crippen LogP contribution in [0.2, 0.25) is 0 Å². The van der Waals surface area contributed by atoms with E-state index in [4.69, 9.17) is 0 Å². The predicted molar refractivity (Wildman–Crippen MR) is 108 cm³/mol.